The van der Waals surface area contributed by atoms with Gasteiger partial charge in [0.05, 0.1) is 0 Å². The van der Waals surface area contributed by atoms with Crippen molar-refractivity contribution in [1.29, 1.82) is 0 Å². The smallest absolute Gasteiger partial charge is 0.255 e. The summed E-state index contributed by atoms with van der Waals surface area (Å²) in [5.74, 6) is -0.419. The molecule has 3 aromatic carbocycles. The van der Waals surface area contributed by atoms with E-state index in [1.54, 1.807) is 12.1 Å². The lowest BCUT2D eigenvalue weighted by Crippen LogP contribution is -2.29. The quantitative estimate of drug-likeness (QED) is 0.391. The van der Waals surface area contributed by atoms with Crippen molar-refractivity contribution in [3.63, 3.8) is 0 Å². The SMILES string of the molecule is CN(CCc1ccccc1)Cc1ccc(C(=O)NCCN)cc1NC(=O)c1ccc(C(C)(C)C)cc1. The van der Waals surface area contributed by atoms with Gasteiger partial charge in [0.2, 0.25) is 0 Å². The van der Waals surface area contributed by atoms with E-state index in [0.29, 0.717) is 36.4 Å². The molecular formula is C30H38N4O2. The zero-order valence-corrected chi connectivity index (χ0v) is 21.8. The van der Waals surface area contributed by atoms with Gasteiger partial charge in [-0.05, 0) is 59.8 Å². The number of likely N-dealkylation sites (N-methyl/N-ethyl adjacent to an activating group) is 1. The minimum atomic E-state index is -0.213. The zero-order valence-electron chi connectivity index (χ0n) is 21.8. The van der Waals surface area contributed by atoms with Crippen molar-refractivity contribution in [2.75, 3.05) is 32.0 Å². The molecule has 6 nitrogen and oxygen atoms in total. The van der Waals surface area contributed by atoms with Crippen LogP contribution in [0.1, 0.15) is 58.2 Å². The van der Waals surface area contributed by atoms with E-state index in [9.17, 15) is 9.59 Å². The van der Waals surface area contributed by atoms with Gasteiger partial charge in [0.15, 0.2) is 0 Å². The van der Waals surface area contributed by atoms with Crippen molar-refractivity contribution < 1.29 is 9.59 Å². The molecule has 0 aromatic heterocycles. The maximum atomic E-state index is 13.1. The summed E-state index contributed by atoms with van der Waals surface area (Å²) in [7, 11) is 2.06. The van der Waals surface area contributed by atoms with E-state index in [0.717, 1.165) is 18.5 Å². The van der Waals surface area contributed by atoms with Gasteiger partial charge < -0.3 is 21.3 Å². The summed E-state index contributed by atoms with van der Waals surface area (Å²) in [5, 5.41) is 5.84. The van der Waals surface area contributed by atoms with Crippen molar-refractivity contribution in [2.45, 2.75) is 39.2 Å². The largest absolute Gasteiger partial charge is 0.351 e. The fourth-order valence-electron chi connectivity index (χ4n) is 3.91. The lowest BCUT2D eigenvalue weighted by Gasteiger charge is -2.21. The molecule has 0 unspecified atom stereocenters. The fraction of sp³-hybridized carbons (Fsp3) is 0.333. The van der Waals surface area contributed by atoms with Crippen LogP contribution in [0, 0.1) is 0 Å². The number of carbonyl (C=O) groups excluding carboxylic acids is 2. The standard InChI is InChI=1S/C30H38N4O2/c1-30(2,3)26-14-12-23(13-15-26)29(36)33-27-20-24(28(35)32-18-17-31)10-11-25(27)21-34(4)19-16-22-8-6-5-7-9-22/h5-15,20H,16-19,21,31H2,1-4H3,(H,32,35)(H,33,36). The number of rotatable bonds is 10. The van der Waals surface area contributed by atoms with Gasteiger partial charge in [-0.2, -0.15) is 0 Å². The lowest BCUT2D eigenvalue weighted by molar-refractivity contribution is 0.0953. The van der Waals surface area contributed by atoms with Gasteiger partial charge in [-0.15, -0.1) is 0 Å². The molecular weight excluding hydrogens is 448 g/mol. The fourth-order valence-corrected chi connectivity index (χ4v) is 3.91. The van der Waals surface area contributed by atoms with E-state index in [2.05, 4.69) is 55.5 Å². The minimum Gasteiger partial charge on any atom is -0.351 e. The van der Waals surface area contributed by atoms with Gasteiger partial charge in [0.1, 0.15) is 0 Å². The van der Waals surface area contributed by atoms with E-state index in [1.807, 2.05) is 48.5 Å². The third-order valence-electron chi connectivity index (χ3n) is 6.13. The average molecular weight is 487 g/mol. The van der Waals surface area contributed by atoms with Gasteiger partial charge in [0.25, 0.3) is 11.8 Å². The first-order valence-corrected chi connectivity index (χ1v) is 12.4. The van der Waals surface area contributed by atoms with Crippen LogP contribution in [-0.4, -0.2) is 43.4 Å². The summed E-state index contributed by atoms with van der Waals surface area (Å²) in [6.07, 6.45) is 0.929. The van der Waals surface area contributed by atoms with Crippen molar-refractivity contribution in [3.05, 3.63) is 101 Å². The van der Waals surface area contributed by atoms with Gasteiger partial charge in [-0.1, -0.05) is 69.3 Å². The van der Waals surface area contributed by atoms with E-state index in [4.69, 9.17) is 5.73 Å². The van der Waals surface area contributed by atoms with Gasteiger partial charge in [-0.25, -0.2) is 0 Å². The molecule has 2 amide bonds. The van der Waals surface area contributed by atoms with E-state index in [1.165, 1.54) is 11.1 Å². The highest BCUT2D eigenvalue weighted by molar-refractivity contribution is 6.05. The summed E-state index contributed by atoms with van der Waals surface area (Å²) >= 11 is 0. The van der Waals surface area contributed by atoms with Crippen LogP contribution in [0.3, 0.4) is 0 Å². The number of nitrogens with two attached hydrogens (primary N) is 1. The zero-order chi connectivity index (χ0) is 26.1. The Labute approximate surface area is 214 Å². The summed E-state index contributed by atoms with van der Waals surface area (Å²) in [6.45, 7) is 8.69. The molecule has 0 aliphatic heterocycles. The van der Waals surface area contributed by atoms with Crippen molar-refractivity contribution in [1.82, 2.24) is 10.2 Å². The number of hydrogen-bond acceptors (Lipinski definition) is 4. The van der Waals surface area contributed by atoms with Gasteiger partial charge >= 0.3 is 0 Å². The number of anilines is 1. The normalized spacial score (nSPS) is 11.4. The highest BCUT2D eigenvalue weighted by Gasteiger charge is 2.17. The Bertz CT molecular complexity index is 1150. The topological polar surface area (TPSA) is 87.5 Å². The first kappa shape index (κ1) is 27.1. The van der Waals surface area contributed by atoms with Crippen LogP contribution < -0.4 is 16.4 Å². The minimum absolute atomic E-state index is 0.0116. The lowest BCUT2D eigenvalue weighted by atomic mass is 9.86. The summed E-state index contributed by atoms with van der Waals surface area (Å²) in [6, 6.07) is 23.5. The molecule has 0 aliphatic rings. The molecule has 0 saturated carbocycles. The molecule has 0 heterocycles. The van der Waals surface area contributed by atoms with Crippen LogP contribution in [0.15, 0.2) is 72.8 Å². The number of carbonyl (C=O) groups is 2. The highest BCUT2D eigenvalue weighted by atomic mass is 16.2. The molecule has 0 radical (unpaired) electrons. The second-order valence-corrected chi connectivity index (χ2v) is 10.2. The van der Waals surface area contributed by atoms with Crippen LogP contribution in [0.5, 0.6) is 0 Å². The second kappa shape index (κ2) is 12.5. The van der Waals surface area contributed by atoms with Crippen LogP contribution >= 0.6 is 0 Å². The number of benzene rings is 3. The highest BCUT2D eigenvalue weighted by Crippen LogP contribution is 2.24. The summed E-state index contributed by atoms with van der Waals surface area (Å²) < 4.78 is 0. The van der Waals surface area contributed by atoms with E-state index < -0.39 is 0 Å². The molecule has 0 bridgehead atoms. The summed E-state index contributed by atoms with van der Waals surface area (Å²) in [5.41, 5.74) is 10.6. The van der Waals surface area contributed by atoms with Crippen molar-refractivity contribution in [2.24, 2.45) is 5.73 Å². The molecule has 6 heteroatoms. The Morgan fingerprint density at radius 3 is 2.19 bits per heavy atom. The number of nitrogens with one attached hydrogen (secondary N) is 2. The Morgan fingerprint density at radius 1 is 0.889 bits per heavy atom. The van der Waals surface area contributed by atoms with Gasteiger partial charge in [-0.3, -0.25) is 9.59 Å². The molecule has 4 N–H and O–H groups in total. The Balaban J connectivity index is 1.79. The van der Waals surface area contributed by atoms with Crippen LogP contribution in [-0.2, 0) is 18.4 Å². The van der Waals surface area contributed by atoms with Crippen molar-refractivity contribution >= 4 is 17.5 Å². The molecule has 3 rings (SSSR count). The molecule has 190 valence electrons. The molecule has 0 aliphatic carbocycles. The number of hydrogen-bond donors (Lipinski definition) is 3. The molecule has 0 saturated heterocycles. The third-order valence-corrected chi connectivity index (χ3v) is 6.13. The number of nitrogens with zero attached hydrogens (tertiary/aromatic N) is 1. The first-order valence-electron chi connectivity index (χ1n) is 12.4. The average Bonchev–Trinajstić information content (AvgIpc) is 2.87. The predicted molar refractivity (Wildman–Crippen MR) is 147 cm³/mol. The molecule has 0 spiro atoms. The third kappa shape index (κ3) is 7.77. The Morgan fingerprint density at radius 2 is 1.56 bits per heavy atom. The monoisotopic (exact) mass is 486 g/mol. The molecule has 0 fully saturated rings. The van der Waals surface area contributed by atoms with Crippen LogP contribution in [0.25, 0.3) is 0 Å². The van der Waals surface area contributed by atoms with E-state index in [-0.39, 0.29) is 17.2 Å². The van der Waals surface area contributed by atoms with Crippen LogP contribution in [0.2, 0.25) is 0 Å². The van der Waals surface area contributed by atoms with E-state index >= 15 is 0 Å². The molecule has 3 aromatic rings. The Kier molecular flexibility index (Phi) is 9.39. The van der Waals surface area contributed by atoms with Gasteiger partial charge in [0, 0.05) is 43.0 Å². The second-order valence-electron chi connectivity index (χ2n) is 10.2. The molecule has 36 heavy (non-hydrogen) atoms. The molecule has 0 atom stereocenters. The number of amides is 2. The Hall–Kier alpha value is -3.48. The predicted octanol–water partition coefficient (Wildman–Crippen LogP) is 4.60. The van der Waals surface area contributed by atoms with Crippen molar-refractivity contribution in [3.8, 4) is 0 Å². The summed E-state index contributed by atoms with van der Waals surface area (Å²) in [4.78, 5) is 27.9. The maximum absolute atomic E-state index is 13.1. The maximum Gasteiger partial charge on any atom is 0.255 e. The van der Waals surface area contributed by atoms with Crippen LogP contribution in [0.4, 0.5) is 5.69 Å². The first-order chi connectivity index (χ1) is 17.2.